The summed E-state index contributed by atoms with van der Waals surface area (Å²) in [4.78, 5) is 3.81. The molecule has 2 N–H and O–H groups in total. The van der Waals surface area contributed by atoms with Gasteiger partial charge in [-0.25, -0.2) is 10.7 Å². The molecule has 0 aromatic heterocycles. The third-order valence-corrected chi connectivity index (χ3v) is 2.08. The normalized spacial score (nSPS) is 13.1. The second kappa shape index (κ2) is 5.42. The fourth-order valence-corrected chi connectivity index (χ4v) is 1.31. The van der Waals surface area contributed by atoms with Crippen LogP contribution in [0.3, 0.4) is 0 Å². The summed E-state index contributed by atoms with van der Waals surface area (Å²) in [5.74, 6) is 0.407. The van der Waals surface area contributed by atoms with Crippen LogP contribution >= 0.6 is 0 Å². The van der Waals surface area contributed by atoms with Crippen LogP contribution in [0.5, 0.6) is 0 Å². The van der Waals surface area contributed by atoms with Gasteiger partial charge in [0.1, 0.15) is 0 Å². The van der Waals surface area contributed by atoms with Gasteiger partial charge in [0.25, 0.3) is 0 Å². The van der Waals surface area contributed by atoms with E-state index in [2.05, 4.69) is 23.5 Å². The Kier molecular flexibility index (Phi) is 4.16. The maximum atomic E-state index is 8.16. The highest BCUT2D eigenvalue weighted by Gasteiger charge is 2.00. The van der Waals surface area contributed by atoms with Crippen molar-refractivity contribution in [1.82, 2.24) is 0 Å². The van der Waals surface area contributed by atoms with Crippen molar-refractivity contribution in [3.63, 3.8) is 0 Å². The Labute approximate surface area is 83.9 Å². The highest BCUT2D eigenvalue weighted by molar-refractivity contribution is 5.43. The predicted molar refractivity (Wildman–Crippen MR) is 57.0 cm³/mol. The SMILES string of the molecule is C/C=C/C(C)c1ccc(NOO)cc1. The van der Waals surface area contributed by atoms with Crippen molar-refractivity contribution in [3.8, 4) is 0 Å². The number of benzene rings is 1. The first-order valence-electron chi connectivity index (χ1n) is 4.57. The maximum Gasteiger partial charge on any atom is 0.0634 e. The molecule has 0 aliphatic carbocycles. The second-order valence-corrected chi connectivity index (χ2v) is 3.13. The zero-order chi connectivity index (χ0) is 10.4. The number of hydrogen-bond acceptors (Lipinski definition) is 3. The summed E-state index contributed by atoms with van der Waals surface area (Å²) in [5, 5.41) is 8.16. The fraction of sp³-hybridized carbons (Fsp3) is 0.273. The van der Waals surface area contributed by atoms with Crippen LogP contribution in [0.2, 0.25) is 0 Å². The van der Waals surface area contributed by atoms with Gasteiger partial charge in [-0.3, -0.25) is 0 Å². The molecule has 3 nitrogen and oxygen atoms in total. The van der Waals surface area contributed by atoms with Crippen LogP contribution in [0.25, 0.3) is 0 Å². The van der Waals surface area contributed by atoms with Crippen LogP contribution in [0.15, 0.2) is 36.4 Å². The molecule has 1 rings (SSSR count). The quantitative estimate of drug-likeness (QED) is 0.438. The summed E-state index contributed by atoms with van der Waals surface area (Å²) < 4.78 is 0. The first kappa shape index (κ1) is 10.8. The van der Waals surface area contributed by atoms with Crippen molar-refractivity contribution in [3.05, 3.63) is 42.0 Å². The molecule has 0 bridgehead atoms. The van der Waals surface area contributed by atoms with E-state index >= 15 is 0 Å². The van der Waals surface area contributed by atoms with E-state index in [9.17, 15) is 0 Å². The summed E-state index contributed by atoms with van der Waals surface area (Å²) in [7, 11) is 0. The molecule has 0 radical (unpaired) electrons. The van der Waals surface area contributed by atoms with Crippen LogP contribution < -0.4 is 5.48 Å². The maximum absolute atomic E-state index is 8.16. The predicted octanol–water partition coefficient (Wildman–Crippen LogP) is 3.18. The van der Waals surface area contributed by atoms with Gasteiger partial charge < -0.3 is 0 Å². The van der Waals surface area contributed by atoms with Crippen molar-refractivity contribution in [1.29, 1.82) is 0 Å². The molecule has 76 valence electrons. The van der Waals surface area contributed by atoms with Crippen molar-refractivity contribution in [2.75, 3.05) is 5.48 Å². The summed E-state index contributed by atoms with van der Waals surface area (Å²) in [6, 6.07) is 7.69. The average Bonchev–Trinajstić information content (AvgIpc) is 2.20. The molecule has 0 heterocycles. The lowest BCUT2D eigenvalue weighted by molar-refractivity contribution is -0.215. The van der Waals surface area contributed by atoms with Crippen LogP contribution in [-0.2, 0) is 4.99 Å². The molecule has 14 heavy (non-hydrogen) atoms. The van der Waals surface area contributed by atoms with E-state index in [1.54, 1.807) is 0 Å². The third kappa shape index (κ3) is 2.87. The van der Waals surface area contributed by atoms with Crippen LogP contribution in [-0.4, -0.2) is 5.26 Å². The summed E-state index contributed by atoms with van der Waals surface area (Å²) >= 11 is 0. The molecule has 0 spiro atoms. The summed E-state index contributed by atoms with van der Waals surface area (Å²) in [6.45, 7) is 4.14. The number of anilines is 1. The van der Waals surface area contributed by atoms with Crippen molar-refractivity contribution < 1.29 is 10.2 Å². The van der Waals surface area contributed by atoms with Gasteiger partial charge in [0.15, 0.2) is 0 Å². The van der Waals surface area contributed by atoms with Crippen molar-refractivity contribution in [2.24, 2.45) is 0 Å². The molecule has 1 atom stereocenters. The van der Waals surface area contributed by atoms with Crippen LogP contribution in [0.1, 0.15) is 25.3 Å². The number of nitrogens with one attached hydrogen (secondary N) is 1. The zero-order valence-electron chi connectivity index (χ0n) is 8.40. The fourth-order valence-electron chi connectivity index (χ4n) is 1.31. The number of rotatable bonds is 4. The molecule has 0 saturated carbocycles. The molecule has 3 heteroatoms. The second-order valence-electron chi connectivity index (χ2n) is 3.13. The van der Waals surface area contributed by atoms with Crippen molar-refractivity contribution >= 4 is 5.69 Å². The monoisotopic (exact) mass is 193 g/mol. The van der Waals surface area contributed by atoms with Crippen LogP contribution in [0.4, 0.5) is 5.69 Å². The van der Waals surface area contributed by atoms with Crippen LogP contribution in [0, 0.1) is 0 Å². The highest BCUT2D eigenvalue weighted by Crippen LogP contribution is 2.18. The standard InChI is InChI=1S/C11H15NO2/c1-3-4-9(2)10-5-7-11(8-6-10)12-14-13/h3-9,12-13H,1-2H3/b4-3+. The lowest BCUT2D eigenvalue weighted by atomic mass is 10.0. The van der Waals surface area contributed by atoms with E-state index in [1.165, 1.54) is 5.56 Å². The Bertz CT molecular complexity index is 293. The Morgan fingerprint density at radius 3 is 2.50 bits per heavy atom. The summed E-state index contributed by atoms with van der Waals surface area (Å²) in [5.41, 5.74) is 4.30. The van der Waals surface area contributed by atoms with Gasteiger partial charge in [0.2, 0.25) is 0 Å². The van der Waals surface area contributed by atoms with E-state index < -0.39 is 0 Å². The molecule has 0 aliphatic heterocycles. The summed E-state index contributed by atoms with van der Waals surface area (Å²) in [6.07, 6.45) is 4.17. The molecule has 1 unspecified atom stereocenters. The minimum atomic E-state index is 0.407. The van der Waals surface area contributed by atoms with E-state index in [1.807, 2.05) is 37.3 Å². The molecule has 0 amide bonds. The Hall–Kier alpha value is -1.32. The topological polar surface area (TPSA) is 41.5 Å². The van der Waals surface area contributed by atoms with Gasteiger partial charge in [-0.2, -0.15) is 0 Å². The van der Waals surface area contributed by atoms with E-state index in [0.29, 0.717) is 5.92 Å². The smallest absolute Gasteiger partial charge is 0.0634 e. The Morgan fingerprint density at radius 1 is 1.36 bits per heavy atom. The van der Waals surface area contributed by atoms with Gasteiger partial charge in [0.05, 0.1) is 5.69 Å². The zero-order valence-corrected chi connectivity index (χ0v) is 8.40. The molecule has 1 aromatic carbocycles. The van der Waals surface area contributed by atoms with Gasteiger partial charge in [0, 0.05) is 0 Å². The molecule has 0 aliphatic rings. The first-order chi connectivity index (χ1) is 6.77. The van der Waals surface area contributed by atoms with E-state index in [0.717, 1.165) is 5.69 Å². The molecular weight excluding hydrogens is 178 g/mol. The van der Waals surface area contributed by atoms with Crippen molar-refractivity contribution in [2.45, 2.75) is 19.8 Å². The first-order valence-corrected chi connectivity index (χ1v) is 4.57. The average molecular weight is 193 g/mol. The van der Waals surface area contributed by atoms with Gasteiger partial charge in [-0.15, -0.1) is 4.99 Å². The van der Waals surface area contributed by atoms with E-state index in [4.69, 9.17) is 5.26 Å². The minimum absolute atomic E-state index is 0.407. The van der Waals surface area contributed by atoms with E-state index in [-0.39, 0.29) is 0 Å². The van der Waals surface area contributed by atoms with Gasteiger partial charge in [-0.1, -0.05) is 31.2 Å². The number of allylic oxidation sites excluding steroid dienone is 2. The number of hydrogen-bond donors (Lipinski definition) is 2. The molecule has 1 aromatic rings. The lowest BCUT2D eigenvalue weighted by Crippen LogP contribution is -1.96. The highest BCUT2D eigenvalue weighted by atomic mass is 17.2. The minimum Gasteiger partial charge on any atom is -0.236 e. The van der Waals surface area contributed by atoms with Gasteiger partial charge in [-0.05, 0) is 30.5 Å². The van der Waals surface area contributed by atoms with Gasteiger partial charge >= 0.3 is 0 Å². The molecular formula is C11H15NO2. The third-order valence-electron chi connectivity index (χ3n) is 2.08. The largest absolute Gasteiger partial charge is 0.236 e. The lowest BCUT2D eigenvalue weighted by Gasteiger charge is -2.07. The Balaban J connectivity index is 2.72. The molecule has 0 saturated heterocycles. The Morgan fingerprint density at radius 2 is 2.00 bits per heavy atom. The molecule has 0 fully saturated rings.